The first-order chi connectivity index (χ1) is 24.6. The number of fused-ring (bicyclic) bond motifs is 2. The maximum atomic E-state index is 16.4. The molecule has 3 aliphatic heterocycles. The zero-order chi connectivity index (χ0) is 42.0. The van der Waals surface area contributed by atoms with Crippen LogP contribution in [0.3, 0.4) is 0 Å². The Hall–Kier alpha value is -3.39. The number of aromatic carboxylic acids is 1. The van der Waals surface area contributed by atoms with E-state index in [2.05, 4.69) is 0 Å². The number of halogens is 3. The van der Waals surface area contributed by atoms with Crippen LogP contribution in [0, 0.1) is 30.3 Å². The first kappa shape index (κ1) is 14.5. The van der Waals surface area contributed by atoms with Crippen LogP contribution in [0.25, 0.3) is 5.57 Å². The molecule has 4 nitrogen and oxygen atoms in total. The van der Waals surface area contributed by atoms with E-state index in [4.69, 9.17) is 20.6 Å². The van der Waals surface area contributed by atoms with Crippen LogP contribution in [0.1, 0.15) is 73.7 Å². The molecule has 8 heteroatoms. The first-order valence-electron chi connectivity index (χ1n) is 19.8. The molecule has 4 aliphatic rings. The second kappa shape index (κ2) is 9.61. The summed E-state index contributed by atoms with van der Waals surface area (Å²) in [6.07, 6.45) is -6.52. The van der Waals surface area contributed by atoms with Gasteiger partial charge in [-0.25, -0.2) is 22.5 Å². The molecule has 2 saturated heterocycles. The molecule has 0 radical (unpaired) electrons. The average molecular weight is 579 g/mol. The monoisotopic (exact) mass is 578 g/mol. The number of benzene rings is 2. The summed E-state index contributed by atoms with van der Waals surface area (Å²) in [6, 6.07) is 3.61. The van der Waals surface area contributed by atoms with E-state index >= 15 is 8.78 Å². The summed E-state index contributed by atoms with van der Waals surface area (Å²) in [6.45, 7) is -7.75. The Kier molecular flexibility index (Phi) is 3.48. The molecule has 40 heavy (non-hydrogen) atoms. The van der Waals surface area contributed by atoms with Crippen LogP contribution in [0.5, 0.6) is 0 Å². The number of carboxylic acid groups (broad SMARTS) is 1. The lowest BCUT2D eigenvalue weighted by atomic mass is 9.85. The quantitative estimate of drug-likeness (QED) is 0.277. The molecule has 0 amide bonds. The lowest BCUT2D eigenvalue weighted by Gasteiger charge is -2.38. The van der Waals surface area contributed by atoms with Crippen molar-refractivity contribution in [2.24, 2.45) is 5.89 Å². The van der Waals surface area contributed by atoms with E-state index in [1.807, 2.05) is 0 Å². The van der Waals surface area contributed by atoms with Gasteiger partial charge in [-0.3, -0.25) is 0 Å². The van der Waals surface area contributed by atoms with Crippen molar-refractivity contribution in [3.8, 4) is 0 Å². The summed E-state index contributed by atoms with van der Waals surface area (Å²) in [4.78, 5) is 13.0. The summed E-state index contributed by atoms with van der Waals surface area (Å²) >= 11 is 0. The average Bonchev–Trinajstić information content (AvgIpc) is 3.17. The van der Waals surface area contributed by atoms with Gasteiger partial charge in [0.2, 0.25) is 0 Å². The van der Waals surface area contributed by atoms with E-state index in [9.17, 15) is 14.3 Å². The minimum absolute atomic E-state index is 0.00365. The van der Waals surface area contributed by atoms with Crippen molar-refractivity contribution in [2.45, 2.75) is 46.1 Å². The third-order valence-corrected chi connectivity index (χ3v) is 11.0. The highest BCUT2D eigenvalue weighted by molar-refractivity contribution is 6.98. The van der Waals surface area contributed by atoms with Gasteiger partial charge in [0.05, 0.1) is 0 Å². The lowest BCUT2D eigenvalue weighted by Crippen LogP contribution is -2.50. The number of hydrogen-bond donors (Lipinski definition) is 1. The SMILES string of the molecule is [2H]C1([2H])N(c2ccc3c(c2)[Si](C)(C)C2=CC(=[N+]4C([2H])([2H])C([2H])([2H])C([2H])([2H])C4([2H])[2H])C=CC2=C3c2c(F)c(C)c(F)c(F)c2C(=O)O)C([2H])([2H])C([2H])(C)C1([2H])[2H]. The third-order valence-electron chi connectivity index (χ3n) is 7.44. The zero-order valence-corrected chi connectivity index (χ0v) is 22.8. The van der Waals surface area contributed by atoms with Crippen molar-refractivity contribution in [2.75, 3.05) is 30.9 Å². The highest BCUT2D eigenvalue weighted by Crippen LogP contribution is 2.45. The topological polar surface area (TPSA) is 43.5 Å². The minimum Gasteiger partial charge on any atom is -0.478 e. The summed E-state index contributed by atoms with van der Waals surface area (Å²) in [5.74, 6) is -9.90. The van der Waals surface area contributed by atoms with E-state index in [-0.39, 0.29) is 37.4 Å². The van der Waals surface area contributed by atoms with E-state index in [0.717, 1.165) is 26.0 Å². The van der Waals surface area contributed by atoms with Gasteiger partial charge in [0.15, 0.2) is 17.3 Å². The molecule has 3 heterocycles. The molecular formula is C32H34F3N2O2Si+. The Balaban J connectivity index is 1.77. The molecule has 2 aromatic carbocycles. The number of carboxylic acids is 1. The maximum absolute atomic E-state index is 16.4. The number of carbonyl (C=O) groups is 1. The van der Waals surface area contributed by atoms with Crippen LogP contribution in [0.4, 0.5) is 18.9 Å². The van der Waals surface area contributed by atoms with Gasteiger partial charge < -0.3 is 10.0 Å². The fourth-order valence-corrected chi connectivity index (χ4v) is 8.47. The van der Waals surface area contributed by atoms with Gasteiger partial charge in [0.1, 0.15) is 37.9 Å². The van der Waals surface area contributed by atoms with Crippen LogP contribution in [0.2, 0.25) is 13.1 Å². The summed E-state index contributed by atoms with van der Waals surface area (Å²) in [5, 5.41) is 10.4. The van der Waals surface area contributed by atoms with Crippen LogP contribution >= 0.6 is 0 Å². The van der Waals surface area contributed by atoms with Gasteiger partial charge in [-0.1, -0.05) is 26.1 Å². The largest absolute Gasteiger partial charge is 0.478 e. The van der Waals surface area contributed by atoms with Crippen molar-refractivity contribution < 1.29 is 48.2 Å². The van der Waals surface area contributed by atoms with Crippen LogP contribution in [0.15, 0.2) is 47.2 Å². The van der Waals surface area contributed by atoms with Gasteiger partial charge in [-0.15, -0.1) is 0 Å². The number of allylic oxidation sites excluding steroid dienone is 5. The number of nitrogens with zero attached hydrogens (tertiary/aromatic N) is 2. The predicted octanol–water partition coefficient (Wildman–Crippen LogP) is 5.97. The molecule has 6 rings (SSSR count). The highest BCUT2D eigenvalue weighted by Gasteiger charge is 2.43. The van der Waals surface area contributed by atoms with Crippen molar-refractivity contribution in [1.82, 2.24) is 0 Å². The normalized spacial score (nSPS) is 37.8. The molecule has 1 unspecified atom stereocenters. The zero-order valence-electron chi connectivity index (χ0n) is 36.8. The van der Waals surface area contributed by atoms with Gasteiger partial charge >= 0.3 is 5.97 Å². The van der Waals surface area contributed by atoms with Crippen molar-refractivity contribution in [1.29, 1.82) is 0 Å². The Morgan fingerprint density at radius 3 is 2.52 bits per heavy atom. The number of anilines is 1. The summed E-state index contributed by atoms with van der Waals surface area (Å²) in [7, 11) is -3.53. The van der Waals surface area contributed by atoms with Gasteiger partial charge in [-0.2, -0.15) is 0 Å². The van der Waals surface area contributed by atoms with E-state index in [1.54, 1.807) is 13.1 Å². The molecule has 1 atom stereocenters. The molecule has 1 N–H and O–H groups in total. The summed E-state index contributed by atoms with van der Waals surface area (Å²) in [5.41, 5.74) is -4.27. The van der Waals surface area contributed by atoms with Crippen LogP contribution in [-0.4, -0.2) is 55.4 Å². The molecule has 208 valence electrons. The Labute approximate surface area is 254 Å². The number of rotatable bonds is 3. The molecule has 0 bridgehead atoms. The van der Waals surface area contributed by atoms with Crippen LogP contribution in [-0.2, 0) is 0 Å². The molecule has 1 aliphatic carbocycles. The van der Waals surface area contributed by atoms with Gasteiger partial charge in [-0.05, 0) is 64.5 Å². The van der Waals surface area contributed by atoms with Crippen LogP contribution < -0.4 is 10.1 Å². The Morgan fingerprint density at radius 2 is 1.88 bits per heavy atom. The smallest absolute Gasteiger partial charge is 0.339 e. The Bertz CT molecular complexity index is 2210. The fourth-order valence-electron chi connectivity index (χ4n) is 5.40. The highest BCUT2D eigenvalue weighted by atomic mass is 28.3. The van der Waals surface area contributed by atoms with Crippen molar-refractivity contribution >= 4 is 36.2 Å². The molecular weight excluding hydrogens is 529 g/mol. The number of hydrogen-bond acceptors (Lipinski definition) is 2. The second-order valence-corrected chi connectivity index (χ2v) is 14.5. The predicted molar refractivity (Wildman–Crippen MR) is 155 cm³/mol. The molecule has 2 aromatic rings. The van der Waals surface area contributed by atoms with Crippen molar-refractivity contribution in [3.05, 3.63) is 86.9 Å². The maximum Gasteiger partial charge on any atom is 0.339 e. The summed E-state index contributed by atoms with van der Waals surface area (Å²) < 4.78 is 175. The first-order valence-corrected chi connectivity index (χ1v) is 15.3. The van der Waals surface area contributed by atoms with E-state index in [0.29, 0.717) is 4.90 Å². The molecule has 2 fully saturated rings. The lowest BCUT2D eigenvalue weighted by molar-refractivity contribution is -0.504. The van der Waals surface area contributed by atoms with E-state index in [1.165, 1.54) is 24.3 Å². The van der Waals surface area contributed by atoms with Gasteiger partial charge in [0.25, 0.3) is 0 Å². The van der Waals surface area contributed by atoms with E-state index < -0.39 is 105 Å². The second-order valence-electron chi connectivity index (χ2n) is 10.2. The fraction of sp³-hybridized carbons (Fsp3) is 0.375. The molecule has 0 saturated carbocycles. The van der Waals surface area contributed by atoms with Gasteiger partial charge in [0, 0.05) is 69.8 Å². The Morgan fingerprint density at radius 1 is 1.15 bits per heavy atom. The molecule has 0 aromatic heterocycles. The molecule has 0 spiro atoms. The van der Waals surface area contributed by atoms with Crippen molar-refractivity contribution in [3.63, 3.8) is 0 Å². The standard InChI is InChI=1S/C32H33F3N2O2Si/c1-18-11-14-37(17-18)21-8-10-23-25(16-21)40(3,4)24-15-20(36-12-5-6-13-36)7-9-22(24)26(23)27-28(32(38)39)31(35)30(34)19(2)29(27)33/h7-10,15-16,18H,5-6,11-14,17H2,1-4H3/p+1/i5D2,6D2,11D2,12D2,13D2,14D2,17D2,18D. The minimum atomic E-state index is -3.53. The third kappa shape index (κ3) is 4.02.